The number of amides is 2. The molecule has 3 aromatic rings. The lowest BCUT2D eigenvalue weighted by molar-refractivity contribution is 0.233. The van der Waals surface area contributed by atoms with Crippen molar-refractivity contribution in [2.75, 3.05) is 6.54 Å². The van der Waals surface area contributed by atoms with Crippen molar-refractivity contribution in [2.24, 2.45) is 5.92 Å². The van der Waals surface area contributed by atoms with Crippen molar-refractivity contribution < 1.29 is 9.18 Å². The van der Waals surface area contributed by atoms with Gasteiger partial charge in [0.05, 0.1) is 17.1 Å². The third-order valence-electron chi connectivity index (χ3n) is 4.27. The van der Waals surface area contributed by atoms with Crippen LogP contribution in [0, 0.1) is 11.7 Å². The van der Waals surface area contributed by atoms with Crippen LogP contribution in [0.2, 0.25) is 0 Å². The van der Waals surface area contributed by atoms with Crippen LogP contribution in [0.5, 0.6) is 0 Å². The Balaban J connectivity index is 1.54. The van der Waals surface area contributed by atoms with E-state index in [1.165, 1.54) is 12.1 Å². The molecule has 1 heterocycles. The molecule has 0 saturated heterocycles. The fourth-order valence-corrected chi connectivity index (χ4v) is 2.92. The standard InChI is InChI=1S/C20H23FN4O/c1-13(2)19(14-7-9-15(21)10-8-14)25-20(26)22-12-11-18-23-16-5-3-4-6-17(16)24-18/h3-10,13,19H,11-12H2,1-2H3,(H,23,24)(H2,22,25,26). The smallest absolute Gasteiger partial charge is 0.315 e. The highest BCUT2D eigenvalue weighted by molar-refractivity contribution is 5.75. The molecule has 0 aliphatic rings. The zero-order valence-electron chi connectivity index (χ0n) is 14.9. The molecule has 0 spiro atoms. The second-order valence-electron chi connectivity index (χ2n) is 6.62. The largest absolute Gasteiger partial charge is 0.342 e. The van der Waals surface area contributed by atoms with Crippen molar-refractivity contribution in [3.63, 3.8) is 0 Å². The number of hydrogen-bond acceptors (Lipinski definition) is 2. The summed E-state index contributed by atoms with van der Waals surface area (Å²) < 4.78 is 13.1. The highest BCUT2D eigenvalue weighted by Gasteiger charge is 2.18. The second kappa shape index (κ2) is 7.99. The van der Waals surface area contributed by atoms with Gasteiger partial charge >= 0.3 is 6.03 Å². The Morgan fingerprint density at radius 2 is 1.88 bits per heavy atom. The Kier molecular flexibility index (Phi) is 5.51. The minimum atomic E-state index is -0.286. The van der Waals surface area contributed by atoms with Gasteiger partial charge in [-0.15, -0.1) is 0 Å². The van der Waals surface area contributed by atoms with E-state index in [-0.39, 0.29) is 23.8 Å². The van der Waals surface area contributed by atoms with Gasteiger partial charge < -0.3 is 15.6 Å². The molecule has 1 unspecified atom stereocenters. The normalized spacial score (nSPS) is 12.3. The number of nitrogens with zero attached hydrogens (tertiary/aromatic N) is 1. The van der Waals surface area contributed by atoms with Gasteiger partial charge in [-0.2, -0.15) is 0 Å². The van der Waals surface area contributed by atoms with E-state index in [1.807, 2.05) is 38.1 Å². The zero-order valence-corrected chi connectivity index (χ0v) is 14.9. The number of aromatic nitrogens is 2. The van der Waals surface area contributed by atoms with Gasteiger partial charge in [0, 0.05) is 13.0 Å². The number of aromatic amines is 1. The maximum Gasteiger partial charge on any atom is 0.315 e. The number of halogens is 1. The molecule has 26 heavy (non-hydrogen) atoms. The number of H-pyrrole nitrogens is 1. The lowest BCUT2D eigenvalue weighted by Gasteiger charge is -2.23. The predicted octanol–water partition coefficient (Wildman–Crippen LogP) is 3.94. The van der Waals surface area contributed by atoms with Gasteiger partial charge in [-0.05, 0) is 35.7 Å². The molecule has 0 saturated carbocycles. The van der Waals surface area contributed by atoms with Gasteiger partial charge in [0.1, 0.15) is 11.6 Å². The minimum Gasteiger partial charge on any atom is -0.342 e. The van der Waals surface area contributed by atoms with Crippen LogP contribution in [-0.2, 0) is 6.42 Å². The number of carbonyl (C=O) groups is 1. The van der Waals surface area contributed by atoms with Crippen molar-refractivity contribution in [3.05, 3.63) is 65.7 Å². The Morgan fingerprint density at radius 1 is 1.15 bits per heavy atom. The van der Waals surface area contributed by atoms with E-state index in [9.17, 15) is 9.18 Å². The number of urea groups is 1. The van der Waals surface area contributed by atoms with Crippen molar-refractivity contribution in [1.82, 2.24) is 20.6 Å². The number of benzene rings is 2. The molecule has 0 aliphatic carbocycles. The second-order valence-corrected chi connectivity index (χ2v) is 6.62. The monoisotopic (exact) mass is 354 g/mol. The summed E-state index contributed by atoms with van der Waals surface area (Å²) in [7, 11) is 0. The number of carbonyl (C=O) groups excluding carboxylic acids is 1. The van der Waals surface area contributed by atoms with Crippen molar-refractivity contribution >= 4 is 17.1 Å². The molecule has 0 aliphatic heterocycles. The Labute approximate surface area is 152 Å². The van der Waals surface area contributed by atoms with Crippen LogP contribution in [0.4, 0.5) is 9.18 Å². The molecule has 1 atom stereocenters. The minimum absolute atomic E-state index is 0.179. The highest BCUT2D eigenvalue weighted by Crippen LogP contribution is 2.21. The van der Waals surface area contributed by atoms with Crippen molar-refractivity contribution in [3.8, 4) is 0 Å². The van der Waals surface area contributed by atoms with Crippen LogP contribution < -0.4 is 10.6 Å². The summed E-state index contributed by atoms with van der Waals surface area (Å²) in [6, 6.07) is 13.6. The molecule has 0 fully saturated rings. The van der Waals surface area contributed by atoms with E-state index in [4.69, 9.17) is 0 Å². The number of fused-ring (bicyclic) bond motifs is 1. The fraction of sp³-hybridized carbons (Fsp3) is 0.300. The molecular weight excluding hydrogens is 331 g/mol. The molecule has 2 aromatic carbocycles. The van der Waals surface area contributed by atoms with E-state index in [0.29, 0.717) is 13.0 Å². The Hall–Kier alpha value is -2.89. The molecule has 6 heteroatoms. The molecule has 136 valence electrons. The van der Waals surface area contributed by atoms with Crippen LogP contribution >= 0.6 is 0 Å². The van der Waals surface area contributed by atoms with E-state index in [1.54, 1.807) is 12.1 Å². The molecule has 3 N–H and O–H groups in total. The van der Waals surface area contributed by atoms with Crippen LogP contribution in [0.15, 0.2) is 48.5 Å². The summed E-state index contributed by atoms with van der Waals surface area (Å²) in [4.78, 5) is 20.0. The maximum absolute atomic E-state index is 13.1. The van der Waals surface area contributed by atoms with E-state index >= 15 is 0 Å². The summed E-state index contributed by atoms with van der Waals surface area (Å²) in [5.74, 6) is 0.735. The third kappa shape index (κ3) is 4.39. The molecule has 5 nitrogen and oxygen atoms in total. The van der Waals surface area contributed by atoms with Crippen LogP contribution in [0.25, 0.3) is 11.0 Å². The summed E-state index contributed by atoms with van der Waals surface area (Å²) in [6.07, 6.45) is 0.616. The van der Waals surface area contributed by atoms with Gasteiger partial charge in [0.2, 0.25) is 0 Å². The predicted molar refractivity (Wildman–Crippen MR) is 100 cm³/mol. The summed E-state index contributed by atoms with van der Waals surface area (Å²) in [6.45, 7) is 4.51. The average molecular weight is 354 g/mol. The molecule has 2 amide bonds. The average Bonchev–Trinajstić information content (AvgIpc) is 3.03. The number of nitrogens with one attached hydrogen (secondary N) is 3. The van der Waals surface area contributed by atoms with Crippen molar-refractivity contribution in [2.45, 2.75) is 26.3 Å². The zero-order chi connectivity index (χ0) is 18.5. The molecular formula is C20H23FN4O. The van der Waals surface area contributed by atoms with Gasteiger partial charge in [-0.3, -0.25) is 0 Å². The first-order valence-corrected chi connectivity index (χ1v) is 8.76. The van der Waals surface area contributed by atoms with Crippen molar-refractivity contribution in [1.29, 1.82) is 0 Å². The summed E-state index contributed by atoms with van der Waals surface area (Å²) >= 11 is 0. The first-order chi connectivity index (χ1) is 12.5. The number of para-hydroxylation sites is 2. The van der Waals surface area contributed by atoms with E-state index in [2.05, 4.69) is 20.6 Å². The lowest BCUT2D eigenvalue weighted by atomic mass is 9.96. The third-order valence-corrected chi connectivity index (χ3v) is 4.27. The maximum atomic E-state index is 13.1. The van der Waals surface area contributed by atoms with Gasteiger partial charge in [0.15, 0.2) is 0 Å². The van der Waals surface area contributed by atoms with Gasteiger partial charge in [-0.25, -0.2) is 14.2 Å². The first-order valence-electron chi connectivity index (χ1n) is 8.76. The summed E-state index contributed by atoms with van der Waals surface area (Å²) in [5.41, 5.74) is 2.79. The number of imidazole rings is 1. The van der Waals surface area contributed by atoms with Gasteiger partial charge in [0.25, 0.3) is 0 Å². The molecule has 3 rings (SSSR count). The van der Waals surface area contributed by atoms with E-state index < -0.39 is 0 Å². The van der Waals surface area contributed by atoms with Crippen LogP contribution in [-0.4, -0.2) is 22.5 Å². The Bertz CT molecular complexity index is 840. The fourth-order valence-electron chi connectivity index (χ4n) is 2.92. The highest BCUT2D eigenvalue weighted by atomic mass is 19.1. The summed E-state index contributed by atoms with van der Waals surface area (Å²) in [5, 5.41) is 5.82. The SMILES string of the molecule is CC(C)C(NC(=O)NCCc1nc2ccccc2[nH]1)c1ccc(F)cc1. The topological polar surface area (TPSA) is 69.8 Å². The van der Waals surface area contributed by atoms with Gasteiger partial charge in [-0.1, -0.05) is 38.1 Å². The quantitative estimate of drug-likeness (QED) is 0.627. The Morgan fingerprint density at radius 3 is 2.58 bits per heavy atom. The lowest BCUT2D eigenvalue weighted by Crippen LogP contribution is -2.40. The molecule has 1 aromatic heterocycles. The van der Waals surface area contributed by atoms with Crippen LogP contribution in [0.3, 0.4) is 0 Å². The van der Waals surface area contributed by atoms with E-state index in [0.717, 1.165) is 22.4 Å². The number of rotatable bonds is 6. The molecule has 0 radical (unpaired) electrons. The number of hydrogen-bond donors (Lipinski definition) is 3. The first kappa shape index (κ1) is 17.9. The van der Waals surface area contributed by atoms with Crippen LogP contribution in [0.1, 0.15) is 31.3 Å². The molecule has 0 bridgehead atoms.